The molecule has 2 aromatic carbocycles. The van der Waals surface area contributed by atoms with Crippen molar-refractivity contribution < 1.29 is 9.18 Å². The van der Waals surface area contributed by atoms with Gasteiger partial charge in [-0.25, -0.2) is 9.37 Å². The summed E-state index contributed by atoms with van der Waals surface area (Å²) in [6, 6.07) is 15.0. The number of pyridine rings is 1. The Labute approximate surface area is 168 Å². The fourth-order valence-corrected chi connectivity index (χ4v) is 3.04. The van der Waals surface area contributed by atoms with Crippen LogP contribution in [0.25, 0.3) is 22.2 Å². The first kappa shape index (κ1) is 19.7. The van der Waals surface area contributed by atoms with Crippen molar-refractivity contribution in [2.75, 3.05) is 0 Å². The Morgan fingerprint density at radius 3 is 2.39 bits per heavy atom. The number of hydrogen-bond donors (Lipinski definition) is 3. The lowest BCUT2D eigenvalue weighted by atomic mass is 10.0. The third-order valence-electron chi connectivity index (χ3n) is 3.88. The van der Waals surface area contributed by atoms with Crippen LogP contribution in [0.3, 0.4) is 0 Å². The molecule has 0 saturated carbocycles. The van der Waals surface area contributed by atoms with Crippen molar-refractivity contribution in [2.24, 2.45) is 0 Å². The monoisotopic (exact) mass is 396 g/mol. The summed E-state index contributed by atoms with van der Waals surface area (Å²) in [6.07, 6.45) is 0. The highest BCUT2D eigenvalue weighted by molar-refractivity contribution is 7.80. The van der Waals surface area contributed by atoms with Crippen LogP contribution in [0.5, 0.6) is 0 Å². The number of rotatable bonds is 2. The molecule has 0 saturated heterocycles. The highest BCUT2D eigenvalue weighted by Gasteiger charge is 2.15. The van der Waals surface area contributed by atoms with Crippen molar-refractivity contribution in [1.82, 2.24) is 21.2 Å². The second-order valence-electron chi connectivity index (χ2n) is 7.36. The summed E-state index contributed by atoms with van der Waals surface area (Å²) in [5, 5.41) is 4.09. The van der Waals surface area contributed by atoms with Crippen molar-refractivity contribution >= 4 is 34.1 Å². The first-order valence-electron chi connectivity index (χ1n) is 8.77. The molecule has 1 amide bonds. The zero-order chi connectivity index (χ0) is 20.3. The van der Waals surface area contributed by atoms with Gasteiger partial charge in [-0.15, -0.1) is 0 Å². The van der Waals surface area contributed by atoms with Gasteiger partial charge < -0.3 is 5.32 Å². The average Bonchev–Trinajstić information content (AvgIpc) is 2.64. The normalized spacial score (nSPS) is 11.1. The third kappa shape index (κ3) is 4.80. The molecule has 0 atom stereocenters. The van der Waals surface area contributed by atoms with Gasteiger partial charge in [0.1, 0.15) is 5.82 Å². The molecule has 0 bridgehead atoms. The number of aromatic nitrogens is 1. The minimum absolute atomic E-state index is 0.228. The van der Waals surface area contributed by atoms with Gasteiger partial charge in [-0.3, -0.25) is 15.6 Å². The van der Waals surface area contributed by atoms with Crippen molar-refractivity contribution in [3.05, 3.63) is 66.0 Å². The van der Waals surface area contributed by atoms with Crippen LogP contribution < -0.4 is 16.2 Å². The molecule has 3 rings (SSSR count). The van der Waals surface area contributed by atoms with Crippen LogP contribution in [-0.2, 0) is 0 Å². The summed E-state index contributed by atoms with van der Waals surface area (Å²) < 4.78 is 13.2. The van der Waals surface area contributed by atoms with E-state index in [4.69, 9.17) is 12.2 Å². The SMILES string of the molecule is CC(C)(C)NC(=S)NNC(=O)c1cc(-c2ccc(F)cc2)nc2ccccc12. The topological polar surface area (TPSA) is 66.0 Å². The quantitative estimate of drug-likeness (QED) is 0.452. The Bertz CT molecular complexity index is 1030. The summed E-state index contributed by atoms with van der Waals surface area (Å²) in [5.41, 5.74) is 7.53. The molecule has 1 heterocycles. The molecule has 3 aromatic rings. The van der Waals surface area contributed by atoms with Crippen molar-refractivity contribution in [2.45, 2.75) is 26.3 Å². The molecular formula is C21H21FN4OS. The van der Waals surface area contributed by atoms with E-state index in [0.717, 1.165) is 5.56 Å². The number of carbonyl (C=O) groups excluding carboxylic acids is 1. The van der Waals surface area contributed by atoms with Crippen LogP contribution >= 0.6 is 12.2 Å². The minimum atomic E-state index is -0.347. The Kier molecular flexibility index (Phi) is 5.56. The molecule has 0 aliphatic carbocycles. The lowest BCUT2D eigenvalue weighted by Gasteiger charge is -2.23. The molecule has 0 unspecified atom stereocenters. The molecule has 144 valence electrons. The van der Waals surface area contributed by atoms with Crippen molar-refractivity contribution in [1.29, 1.82) is 0 Å². The average molecular weight is 396 g/mol. The summed E-state index contributed by atoms with van der Waals surface area (Å²) in [4.78, 5) is 17.4. The predicted octanol–water partition coefficient (Wildman–Crippen LogP) is 3.95. The summed E-state index contributed by atoms with van der Waals surface area (Å²) in [5.74, 6) is -0.674. The number of hydrazine groups is 1. The predicted molar refractivity (Wildman–Crippen MR) is 113 cm³/mol. The van der Waals surface area contributed by atoms with Crippen LogP contribution in [0.1, 0.15) is 31.1 Å². The highest BCUT2D eigenvalue weighted by Crippen LogP contribution is 2.25. The van der Waals surface area contributed by atoms with Gasteiger partial charge in [0, 0.05) is 16.5 Å². The zero-order valence-electron chi connectivity index (χ0n) is 15.8. The van der Waals surface area contributed by atoms with Crippen LogP contribution in [-0.4, -0.2) is 21.5 Å². The van der Waals surface area contributed by atoms with E-state index in [1.807, 2.05) is 45.0 Å². The largest absolute Gasteiger partial charge is 0.357 e. The molecule has 0 aliphatic rings. The van der Waals surface area contributed by atoms with Crippen LogP contribution in [0.4, 0.5) is 4.39 Å². The number of fused-ring (bicyclic) bond motifs is 1. The van der Waals surface area contributed by atoms with Gasteiger partial charge in [-0.1, -0.05) is 18.2 Å². The van der Waals surface area contributed by atoms with Gasteiger partial charge >= 0.3 is 0 Å². The molecule has 7 heteroatoms. The van der Waals surface area contributed by atoms with Crippen LogP contribution in [0.15, 0.2) is 54.6 Å². The fraction of sp³-hybridized carbons (Fsp3) is 0.190. The molecule has 28 heavy (non-hydrogen) atoms. The van der Waals surface area contributed by atoms with Crippen LogP contribution in [0.2, 0.25) is 0 Å². The van der Waals surface area contributed by atoms with Crippen molar-refractivity contribution in [3.8, 4) is 11.3 Å². The zero-order valence-corrected chi connectivity index (χ0v) is 16.7. The Morgan fingerprint density at radius 1 is 1.04 bits per heavy atom. The number of halogens is 1. The smallest absolute Gasteiger partial charge is 0.270 e. The molecule has 5 nitrogen and oxygen atoms in total. The summed E-state index contributed by atoms with van der Waals surface area (Å²) >= 11 is 5.20. The number of carbonyl (C=O) groups is 1. The number of para-hydroxylation sites is 1. The summed E-state index contributed by atoms with van der Waals surface area (Å²) in [6.45, 7) is 5.90. The minimum Gasteiger partial charge on any atom is -0.357 e. The molecule has 0 aliphatic heterocycles. The van der Waals surface area contributed by atoms with E-state index in [-0.39, 0.29) is 17.3 Å². The Hall–Kier alpha value is -3.06. The fourth-order valence-electron chi connectivity index (χ4n) is 2.68. The molecule has 1 aromatic heterocycles. The molecule has 0 radical (unpaired) electrons. The van der Waals surface area contributed by atoms with Gasteiger partial charge in [0.15, 0.2) is 5.11 Å². The standard InChI is InChI=1S/C21H21FN4OS/c1-21(2,3)24-20(28)26-25-19(27)16-12-18(13-8-10-14(22)11-9-13)23-17-7-5-4-6-15(16)17/h4-12H,1-3H3,(H,25,27)(H2,24,26,28). The number of thiocarbonyl (C=S) groups is 1. The number of nitrogens with one attached hydrogen (secondary N) is 3. The molecule has 0 fully saturated rings. The van der Waals surface area contributed by atoms with Gasteiger partial charge in [0.25, 0.3) is 5.91 Å². The van der Waals surface area contributed by atoms with Crippen LogP contribution in [0, 0.1) is 5.82 Å². The second kappa shape index (κ2) is 7.90. The van der Waals surface area contributed by atoms with Gasteiger partial charge in [-0.2, -0.15) is 0 Å². The van der Waals surface area contributed by atoms with E-state index in [1.54, 1.807) is 18.2 Å². The van der Waals surface area contributed by atoms with E-state index in [0.29, 0.717) is 27.3 Å². The number of amides is 1. The lowest BCUT2D eigenvalue weighted by molar-refractivity contribution is 0.0945. The number of benzene rings is 2. The van der Waals surface area contributed by atoms with E-state index in [2.05, 4.69) is 21.2 Å². The Morgan fingerprint density at radius 2 is 1.71 bits per heavy atom. The maximum Gasteiger partial charge on any atom is 0.270 e. The lowest BCUT2D eigenvalue weighted by Crippen LogP contribution is -2.52. The molecule has 0 spiro atoms. The summed E-state index contributed by atoms with van der Waals surface area (Å²) in [7, 11) is 0. The van der Waals surface area contributed by atoms with Gasteiger partial charge in [0.05, 0.1) is 16.8 Å². The molecule has 3 N–H and O–H groups in total. The third-order valence-corrected chi connectivity index (χ3v) is 4.08. The maximum atomic E-state index is 13.2. The number of hydrogen-bond acceptors (Lipinski definition) is 3. The second-order valence-corrected chi connectivity index (χ2v) is 7.77. The highest BCUT2D eigenvalue weighted by atomic mass is 32.1. The van der Waals surface area contributed by atoms with Gasteiger partial charge in [0.2, 0.25) is 0 Å². The first-order valence-corrected chi connectivity index (χ1v) is 9.18. The first-order chi connectivity index (χ1) is 13.2. The van der Waals surface area contributed by atoms with E-state index in [1.165, 1.54) is 12.1 Å². The van der Waals surface area contributed by atoms with E-state index < -0.39 is 0 Å². The van der Waals surface area contributed by atoms with Crippen molar-refractivity contribution in [3.63, 3.8) is 0 Å². The number of nitrogens with zero attached hydrogens (tertiary/aromatic N) is 1. The van der Waals surface area contributed by atoms with E-state index >= 15 is 0 Å². The Balaban J connectivity index is 1.91. The van der Waals surface area contributed by atoms with Gasteiger partial charge in [-0.05, 0) is 69.4 Å². The maximum absolute atomic E-state index is 13.2. The van der Waals surface area contributed by atoms with E-state index in [9.17, 15) is 9.18 Å². The molecular weight excluding hydrogens is 375 g/mol.